The molecular weight excluding hydrogens is 530 g/mol. The molecule has 0 fully saturated rings. The lowest BCUT2D eigenvalue weighted by Crippen LogP contribution is -2.57. The van der Waals surface area contributed by atoms with E-state index in [1.165, 1.54) is 11.3 Å². The second-order valence-electron chi connectivity index (χ2n) is 9.14. The van der Waals surface area contributed by atoms with Gasteiger partial charge in [-0.3, -0.25) is 4.79 Å². The van der Waals surface area contributed by atoms with E-state index in [0.717, 1.165) is 11.3 Å². The Labute approximate surface area is 217 Å². The first-order valence-corrected chi connectivity index (χ1v) is 13.0. The fraction of sp³-hybridized carbons (Fsp3) is 0.250. The van der Waals surface area contributed by atoms with Gasteiger partial charge in [0, 0.05) is 47.8 Å². The number of rotatable bonds is 4. The van der Waals surface area contributed by atoms with E-state index in [2.05, 4.69) is 0 Å². The van der Waals surface area contributed by atoms with Gasteiger partial charge in [0.2, 0.25) is 0 Å². The largest absolute Gasteiger partial charge is 0.376 e. The van der Waals surface area contributed by atoms with Crippen molar-refractivity contribution in [2.75, 3.05) is 0 Å². The molecular formula is C28H20F6OS2. The zero-order valence-electron chi connectivity index (χ0n) is 19.9. The Morgan fingerprint density at radius 3 is 2.08 bits per heavy atom. The summed E-state index contributed by atoms with van der Waals surface area (Å²) in [5.74, 6) is -15.6. The predicted molar refractivity (Wildman–Crippen MR) is 137 cm³/mol. The predicted octanol–water partition coefficient (Wildman–Crippen LogP) is 9.59. The van der Waals surface area contributed by atoms with Crippen molar-refractivity contribution >= 4 is 50.2 Å². The van der Waals surface area contributed by atoms with Crippen LogP contribution < -0.4 is 0 Å². The van der Waals surface area contributed by atoms with Gasteiger partial charge in [-0.05, 0) is 49.1 Å². The van der Waals surface area contributed by atoms with Crippen LogP contribution in [0.15, 0.2) is 48.5 Å². The first kappa shape index (κ1) is 25.7. The molecule has 2 heterocycles. The molecule has 0 unspecified atom stereocenters. The van der Waals surface area contributed by atoms with Crippen LogP contribution in [-0.2, 0) is 0 Å². The van der Waals surface area contributed by atoms with Crippen molar-refractivity contribution in [2.45, 2.75) is 45.0 Å². The molecule has 9 heteroatoms. The third kappa shape index (κ3) is 3.69. The molecule has 1 aliphatic rings. The zero-order chi connectivity index (χ0) is 26.9. The lowest BCUT2D eigenvalue weighted by Gasteiger charge is -2.40. The number of carbonyl (C=O) groups excluding carboxylic acids is 1. The average Bonchev–Trinajstić information content (AvgIpc) is 3.32. The normalized spacial score (nSPS) is 18.4. The van der Waals surface area contributed by atoms with E-state index in [-0.39, 0.29) is 11.1 Å². The van der Waals surface area contributed by atoms with E-state index in [1.807, 2.05) is 0 Å². The first-order valence-electron chi connectivity index (χ1n) is 11.3. The topological polar surface area (TPSA) is 17.1 Å². The molecule has 1 aliphatic carbocycles. The van der Waals surface area contributed by atoms with Gasteiger partial charge in [0.05, 0.1) is 0 Å². The molecule has 0 aliphatic heterocycles. The highest BCUT2D eigenvalue weighted by molar-refractivity contribution is 7.19. The van der Waals surface area contributed by atoms with Gasteiger partial charge in [-0.25, -0.2) is 0 Å². The zero-order valence-corrected chi connectivity index (χ0v) is 21.5. The Morgan fingerprint density at radius 2 is 1.43 bits per heavy atom. The molecule has 0 amide bonds. The van der Waals surface area contributed by atoms with E-state index < -0.39 is 35.3 Å². The van der Waals surface area contributed by atoms with Crippen molar-refractivity contribution in [1.29, 1.82) is 0 Å². The Bertz CT molecular complexity index is 1570. The minimum absolute atomic E-state index is 0.113. The lowest BCUT2D eigenvalue weighted by atomic mass is 9.76. The molecule has 0 bridgehead atoms. The highest BCUT2D eigenvalue weighted by Crippen LogP contribution is 2.62. The summed E-state index contributed by atoms with van der Waals surface area (Å²) in [6, 6.07) is 13.1. The minimum Gasteiger partial charge on any atom is -0.298 e. The molecule has 0 N–H and O–H groups in total. The number of thiophene rings is 2. The van der Waals surface area contributed by atoms with Gasteiger partial charge in [0.25, 0.3) is 0 Å². The van der Waals surface area contributed by atoms with E-state index in [1.54, 1.807) is 69.3 Å². The average molecular weight is 551 g/mol. The van der Waals surface area contributed by atoms with E-state index in [0.29, 0.717) is 47.7 Å². The summed E-state index contributed by atoms with van der Waals surface area (Å²) >= 11 is 2.37. The fourth-order valence-electron chi connectivity index (χ4n) is 5.08. The maximum absolute atomic E-state index is 15.7. The second-order valence-corrected chi connectivity index (χ2v) is 11.6. The highest BCUT2D eigenvalue weighted by Gasteiger charge is 2.76. The summed E-state index contributed by atoms with van der Waals surface area (Å²) in [5.41, 5.74) is 0.0780. The Balaban J connectivity index is 1.86. The smallest absolute Gasteiger partial charge is 0.298 e. The van der Waals surface area contributed by atoms with Crippen LogP contribution in [0.1, 0.15) is 43.2 Å². The van der Waals surface area contributed by atoms with E-state index >= 15 is 8.78 Å². The van der Waals surface area contributed by atoms with Crippen LogP contribution in [0.5, 0.6) is 0 Å². The third-order valence-corrected chi connectivity index (χ3v) is 9.17. The Hall–Kier alpha value is -2.91. The van der Waals surface area contributed by atoms with Gasteiger partial charge >= 0.3 is 17.8 Å². The van der Waals surface area contributed by atoms with Gasteiger partial charge < -0.3 is 0 Å². The molecule has 0 spiro atoms. The Morgan fingerprint density at radius 1 is 0.811 bits per heavy atom. The van der Waals surface area contributed by atoms with Gasteiger partial charge in [0.1, 0.15) is 6.29 Å². The van der Waals surface area contributed by atoms with Crippen molar-refractivity contribution in [3.8, 4) is 10.4 Å². The number of halogens is 6. The van der Waals surface area contributed by atoms with Crippen LogP contribution in [-0.4, -0.2) is 24.1 Å². The quantitative estimate of drug-likeness (QED) is 0.183. The van der Waals surface area contributed by atoms with Gasteiger partial charge in [-0.1, -0.05) is 42.5 Å². The van der Waals surface area contributed by atoms with Crippen LogP contribution in [0, 0.1) is 20.8 Å². The van der Waals surface area contributed by atoms with E-state index in [9.17, 15) is 22.4 Å². The molecule has 0 saturated carbocycles. The maximum atomic E-state index is 15.7. The molecule has 37 heavy (non-hydrogen) atoms. The Kier molecular flexibility index (Phi) is 5.95. The highest BCUT2D eigenvalue weighted by atomic mass is 32.1. The van der Waals surface area contributed by atoms with Gasteiger partial charge in [0.15, 0.2) is 0 Å². The molecule has 0 saturated heterocycles. The maximum Gasteiger partial charge on any atom is 0.376 e. The summed E-state index contributed by atoms with van der Waals surface area (Å²) in [7, 11) is 0. The van der Waals surface area contributed by atoms with Crippen molar-refractivity contribution in [2.24, 2.45) is 0 Å². The van der Waals surface area contributed by atoms with Gasteiger partial charge in [-0.2, -0.15) is 26.3 Å². The number of hydrogen-bond acceptors (Lipinski definition) is 3. The van der Waals surface area contributed by atoms with Crippen molar-refractivity contribution in [1.82, 2.24) is 0 Å². The molecule has 2 aromatic carbocycles. The van der Waals surface area contributed by atoms with Crippen LogP contribution in [0.2, 0.25) is 0 Å². The van der Waals surface area contributed by atoms with Crippen molar-refractivity contribution in [3.63, 3.8) is 0 Å². The van der Waals surface area contributed by atoms with Crippen molar-refractivity contribution in [3.05, 3.63) is 80.5 Å². The lowest BCUT2D eigenvalue weighted by molar-refractivity contribution is -0.289. The van der Waals surface area contributed by atoms with Gasteiger partial charge in [-0.15, -0.1) is 22.7 Å². The van der Waals surface area contributed by atoms with Crippen LogP contribution in [0.4, 0.5) is 26.3 Å². The summed E-state index contributed by atoms with van der Waals surface area (Å²) in [6.45, 7) is 4.77. The fourth-order valence-corrected chi connectivity index (χ4v) is 7.35. The number of fused-ring (bicyclic) bond motifs is 1. The molecule has 4 aromatic rings. The monoisotopic (exact) mass is 550 g/mol. The van der Waals surface area contributed by atoms with Crippen LogP contribution in [0.25, 0.3) is 31.7 Å². The number of carbonyl (C=O) groups is 1. The second kappa shape index (κ2) is 8.56. The number of alkyl halides is 6. The molecule has 0 radical (unpaired) electrons. The summed E-state index contributed by atoms with van der Waals surface area (Å²) in [5, 5.41) is 0.327. The standard InChI is InChI=1S/C28H20F6OS2/c1-14-22(15(2)37-25(14)18-10-8-17(13-35)9-11-18)20-12-26(29,30)28(33,34)27(31,32)24(20)23-16(3)36-21-7-5-4-6-19(21)23/h4-11,13H,12H2,1-3H3. The number of aryl methyl sites for hydroxylation is 2. The van der Waals surface area contributed by atoms with Crippen LogP contribution >= 0.6 is 22.7 Å². The molecule has 2 aromatic heterocycles. The van der Waals surface area contributed by atoms with Crippen molar-refractivity contribution < 1.29 is 31.1 Å². The first-order chi connectivity index (χ1) is 17.3. The molecule has 5 rings (SSSR count). The van der Waals surface area contributed by atoms with E-state index in [4.69, 9.17) is 0 Å². The minimum atomic E-state index is -5.57. The SMILES string of the molecule is Cc1sc(-c2ccc(C=O)cc2)c(C)c1C1=C(c2c(C)sc3ccccc23)C(F)(F)C(F)(F)C(F)(F)C1. The number of benzene rings is 2. The third-order valence-electron chi connectivity index (χ3n) is 6.82. The molecule has 0 atom stereocenters. The summed E-state index contributed by atoms with van der Waals surface area (Å²) in [6.07, 6.45) is -0.838. The number of aldehydes is 1. The number of allylic oxidation sites excluding steroid dienone is 2. The van der Waals surface area contributed by atoms with Crippen LogP contribution in [0.3, 0.4) is 0 Å². The summed E-state index contributed by atoms with van der Waals surface area (Å²) in [4.78, 5) is 12.5. The number of hydrogen-bond donors (Lipinski definition) is 0. The summed E-state index contributed by atoms with van der Waals surface area (Å²) < 4.78 is 91.3. The molecule has 1 nitrogen and oxygen atoms in total. The molecule has 192 valence electrons.